The monoisotopic (exact) mass is 569 g/mol. The molecule has 3 aromatic rings. The fraction of sp³-hybridized carbons (Fsp3) is 0.200. The molecule has 1 saturated heterocycles. The molecular formula is C25H24IN5O3. The number of aromatic nitrogens is 1. The molecule has 34 heavy (non-hydrogen) atoms. The van der Waals surface area contributed by atoms with Gasteiger partial charge in [-0.05, 0) is 76.0 Å². The average molecular weight is 569 g/mol. The van der Waals surface area contributed by atoms with E-state index < -0.39 is 5.54 Å². The fourth-order valence-corrected chi connectivity index (χ4v) is 4.38. The Labute approximate surface area is 211 Å². The van der Waals surface area contributed by atoms with Crippen LogP contribution in [0.2, 0.25) is 0 Å². The molecule has 174 valence electrons. The molecule has 8 nitrogen and oxygen atoms in total. The molecule has 1 aliphatic rings. The van der Waals surface area contributed by atoms with E-state index in [-0.39, 0.29) is 17.8 Å². The average Bonchev–Trinajstić information content (AvgIpc) is 3.06. The zero-order chi connectivity index (χ0) is 24.5. The summed E-state index contributed by atoms with van der Waals surface area (Å²) in [5.41, 5.74) is 3.01. The van der Waals surface area contributed by atoms with Crippen molar-refractivity contribution in [3.8, 4) is 17.0 Å². The number of ether oxygens (including phenoxy) is 1. The van der Waals surface area contributed by atoms with Crippen LogP contribution < -0.4 is 15.4 Å². The van der Waals surface area contributed by atoms with Crippen molar-refractivity contribution >= 4 is 40.4 Å². The lowest BCUT2D eigenvalue weighted by molar-refractivity contribution is -0.129. The van der Waals surface area contributed by atoms with Gasteiger partial charge in [-0.3, -0.25) is 19.9 Å². The summed E-state index contributed by atoms with van der Waals surface area (Å²) in [4.78, 5) is 30.9. The minimum Gasteiger partial charge on any atom is -0.481 e. The van der Waals surface area contributed by atoms with Crippen LogP contribution in [0.25, 0.3) is 11.1 Å². The Hall–Kier alpha value is -3.47. The molecule has 0 saturated carbocycles. The Bertz CT molecular complexity index is 1280. The SMILES string of the molecule is COc1ccc(C(=O)NCc2ccc(I)cc2-c2cccc(C3(C)NC(=N)N(C)C3=O)c2)cn1. The standard InChI is InChI=1S/C25H24IN5O3/c1-25(23(33)31(2)24(27)30-25)18-6-4-5-15(11-18)20-12-19(26)9-7-16(20)13-29-22(32)17-8-10-21(34-3)28-14-17/h4-12,14H,13H2,1-3H3,(H2,27,30)(H,29,32). The zero-order valence-corrected chi connectivity index (χ0v) is 21.1. The maximum absolute atomic E-state index is 12.8. The Morgan fingerprint density at radius 2 is 2.03 bits per heavy atom. The zero-order valence-electron chi connectivity index (χ0n) is 19.0. The van der Waals surface area contributed by atoms with Crippen molar-refractivity contribution in [3.63, 3.8) is 0 Å². The lowest BCUT2D eigenvalue weighted by atomic mass is 9.88. The van der Waals surface area contributed by atoms with Gasteiger partial charge in [0.05, 0.1) is 12.7 Å². The van der Waals surface area contributed by atoms with Crippen LogP contribution in [0.15, 0.2) is 60.8 Å². The van der Waals surface area contributed by atoms with E-state index in [2.05, 4.69) is 44.3 Å². The molecule has 1 unspecified atom stereocenters. The number of pyridine rings is 1. The first-order valence-corrected chi connectivity index (χ1v) is 11.6. The maximum Gasteiger partial charge on any atom is 0.259 e. The van der Waals surface area contributed by atoms with Gasteiger partial charge in [0, 0.05) is 29.4 Å². The Morgan fingerprint density at radius 3 is 2.68 bits per heavy atom. The van der Waals surface area contributed by atoms with Crippen LogP contribution in [0.4, 0.5) is 0 Å². The van der Waals surface area contributed by atoms with Gasteiger partial charge in [-0.15, -0.1) is 0 Å². The number of hydrogen-bond donors (Lipinski definition) is 3. The van der Waals surface area contributed by atoms with Crippen LogP contribution in [0.1, 0.15) is 28.4 Å². The summed E-state index contributed by atoms with van der Waals surface area (Å²) < 4.78 is 6.09. The molecule has 4 rings (SSSR count). The van der Waals surface area contributed by atoms with E-state index in [1.807, 2.05) is 36.4 Å². The lowest BCUT2D eigenvalue weighted by Crippen LogP contribution is -2.40. The fourth-order valence-electron chi connectivity index (χ4n) is 3.89. The third-order valence-corrected chi connectivity index (χ3v) is 6.58. The highest BCUT2D eigenvalue weighted by atomic mass is 127. The summed E-state index contributed by atoms with van der Waals surface area (Å²) >= 11 is 2.26. The number of guanidine groups is 1. The van der Waals surface area contributed by atoms with Crippen molar-refractivity contribution in [2.45, 2.75) is 19.0 Å². The molecular weight excluding hydrogens is 545 g/mol. The molecule has 3 N–H and O–H groups in total. The molecule has 1 fully saturated rings. The van der Waals surface area contributed by atoms with Crippen molar-refractivity contribution in [2.24, 2.45) is 0 Å². The second-order valence-electron chi connectivity index (χ2n) is 8.12. The third-order valence-electron chi connectivity index (χ3n) is 5.91. The smallest absolute Gasteiger partial charge is 0.259 e. The van der Waals surface area contributed by atoms with Gasteiger partial charge in [0.15, 0.2) is 5.96 Å². The first-order chi connectivity index (χ1) is 16.2. The second kappa shape index (κ2) is 9.41. The van der Waals surface area contributed by atoms with Crippen LogP contribution in [-0.4, -0.2) is 41.8 Å². The van der Waals surface area contributed by atoms with Gasteiger partial charge in [-0.2, -0.15) is 0 Å². The van der Waals surface area contributed by atoms with Crippen molar-refractivity contribution in [1.82, 2.24) is 20.5 Å². The number of benzene rings is 2. The Kier molecular flexibility index (Phi) is 6.56. The number of amides is 2. The van der Waals surface area contributed by atoms with E-state index in [4.69, 9.17) is 10.1 Å². The number of halogens is 1. The summed E-state index contributed by atoms with van der Waals surface area (Å²) in [6.45, 7) is 2.11. The first kappa shape index (κ1) is 23.7. The molecule has 1 aliphatic heterocycles. The predicted octanol–water partition coefficient (Wildman–Crippen LogP) is 3.50. The minimum absolute atomic E-state index is 0.0728. The quantitative estimate of drug-likeness (QED) is 0.394. The van der Waals surface area contributed by atoms with Crippen molar-refractivity contribution < 1.29 is 14.3 Å². The topological polar surface area (TPSA) is 107 Å². The van der Waals surface area contributed by atoms with Crippen LogP contribution in [-0.2, 0) is 16.9 Å². The van der Waals surface area contributed by atoms with Gasteiger partial charge < -0.3 is 15.4 Å². The van der Waals surface area contributed by atoms with Crippen molar-refractivity contribution in [1.29, 1.82) is 5.41 Å². The summed E-state index contributed by atoms with van der Waals surface area (Å²) in [6, 6.07) is 17.1. The van der Waals surface area contributed by atoms with Gasteiger partial charge in [0.25, 0.3) is 11.8 Å². The number of rotatable bonds is 6. The molecule has 1 atom stereocenters. The minimum atomic E-state index is -1.01. The summed E-state index contributed by atoms with van der Waals surface area (Å²) in [6.07, 6.45) is 1.48. The van der Waals surface area contributed by atoms with E-state index in [9.17, 15) is 9.59 Å². The number of carbonyl (C=O) groups excluding carboxylic acids is 2. The highest BCUT2D eigenvalue weighted by molar-refractivity contribution is 14.1. The van der Waals surface area contributed by atoms with E-state index in [1.165, 1.54) is 18.2 Å². The molecule has 2 heterocycles. The van der Waals surface area contributed by atoms with Crippen molar-refractivity contribution in [3.05, 3.63) is 81.1 Å². The number of methoxy groups -OCH3 is 1. The molecule has 0 bridgehead atoms. The van der Waals surface area contributed by atoms with E-state index in [1.54, 1.807) is 26.1 Å². The van der Waals surface area contributed by atoms with E-state index >= 15 is 0 Å². The van der Waals surface area contributed by atoms with Crippen LogP contribution in [0.5, 0.6) is 5.88 Å². The highest BCUT2D eigenvalue weighted by Crippen LogP contribution is 2.33. The third kappa shape index (κ3) is 4.47. The van der Waals surface area contributed by atoms with Crippen molar-refractivity contribution in [2.75, 3.05) is 14.2 Å². The summed E-state index contributed by atoms with van der Waals surface area (Å²) in [5.74, 6) is 0.103. The number of nitrogens with one attached hydrogen (secondary N) is 3. The Balaban J connectivity index is 1.61. The molecule has 0 radical (unpaired) electrons. The number of hydrogen-bond acceptors (Lipinski definition) is 5. The maximum atomic E-state index is 12.8. The summed E-state index contributed by atoms with van der Waals surface area (Å²) in [5, 5.41) is 14.0. The molecule has 0 spiro atoms. The van der Waals surface area contributed by atoms with Gasteiger partial charge in [0.1, 0.15) is 5.54 Å². The number of carbonyl (C=O) groups is 2. The molecule has 0 aliphatic carbocycles. The molecule has 1 aromatic heterocycles. The second-order valence-corrected chi connectivity index (χ2v) is 9.36. The molecule has 2 aromatic carbocycles. The van der Waals surface area contributed by atoms with Gasteiger partial charge in [0.2, 0.25) is 5.88 Å². The van der Waals surface area contributed by atoms with E-state index in [0.717, 1.165) is 25.8 Å². The largest absolute Gasteiger partial charge is 0.481 e. The predicted molar refractivity (Wildman–Crippen MR) is 138 cm³/mol. The molecule has 2 amide bonds. The number of nitrogens with zero attached hydrogens (tertiary/aromatic N) is 2. The highest BCUT2D eigenvalue weighted by Gasteiger charge is 2.45. The summed E-state index contributed by atoms with van der Waals surface area (Å²) in [7, 11) is 3.11. The van der Waals surface area contributed by atoms with Gasteiger partial charge >= 0.3 is 0 Å². The van der Waals surface area contributed by atoms with E-state index in [0.29, 0.717) is 18.0 Å². The van der Waals surface area contributed by atoms with Gasteiger partial charge in [-0.25, -0.2) is 4.98 Å². The van der Waals surface area contributed by atoms with Crippen LogP contribution >= 0.6 is 22.6 Å². The van der Waals surface area contributed by atoms with Gasteiger partial charge in [-0.1, -0.05) is 24.3 Å². The normalized spacial score (nSPS) is 17.5. The molecule has 9 heteroatoms. The van der Waals surface area contributed by atoms with Crippen LogP contribution in [0.3, 0.4) is 0 Å². The lowest BCUT2D eigenvalue weighted by Gasteiger charge is -2.23. The number of likely N-dealkylation sites (N-methyl/N-ethyl adjacent to an activating group) is 1. The first-order valence-electron chi connectivity index (χ1n) is 10.6. The van der Waals surface area contributed by atoms with Crippen LogP contribution in [0, 0.1) is 8.98 Å². The Morgan fingerprint density at radius 1 is 1.24 bits per heavy atom.